The highest BCUT2D eigenvalue weighted by Gasteiger charge is 2.35. The number of aromatic nitrogens is 1. The number of aliphatic hydroxyl groups excluding tert-OH is 1. The molecular formula is C20H26N2O2. The molecule has 3 rings (SSSR count). The Morgan fingerprint density at radius 2 is 2.04 bits per heavy atom. The second-order valence-corrected chi connectivity index (χ2v) is 6.86. The molecule has 4 heteroatoms. The van der Waals surface area contributed by atoms with Gasteiger partial charge in [0, 0.05) is 30.9 Å². The summed E-state index contributed by atoms with van der Waals surface area (Å²) in [6, 6.07) is 12.3. The van der Waals surface area contributed by atoms with E-state index in [4.69, 9.17) is 4.74 Å². The van der Waals surface area contributed by atoms with Gasteiger partial charge in [-0.15, -0.1) is 0 Å². The Labute approximate surface area is 144 Å². The maximum atomic E-state index is 10.1. The summed E-state index contributed by atoms with van der Waals surface area (Å²) < 4.78 is 5.33. The first kappa shape index (κ1) is 16.9. The van der Waals surface area contributed by atoms with Gasteiger partial charge in [0.25, 0.3) is 0 Å². The zero-order valence-electron chi connectivity index (χ0n) is 14.3. The molecule has 1 aromatic carbocycles. The number of pyridine rings is 1. The van der Waals surface area contributed by atoms with Gasteiger partial charge >= 0.3 is 0 Å². The van der Waals surface area contributed by atoms with Crippen molar-refractivity contribution in [3.63, 3.8) is 0 Å². The molecule has 0 aliphatic carbocycles. The number of aliphatic hydroxyl groups is 1. The van der Waals surface area contributed by atoms with Crippen molar-refractivity contribution in [2.75, 3.05) is 26.8 Å². The monoisotopic (exact) mass is 326 g/mol. The van der Waals surface area contributed by atoms with Gasteiger partial charge in [0.2, 0.25) is 0 Å². The predicted molar refractivity (Wildman–Crippen MR) is 95.0 cm³/mol. The summed E-state index contributed by atoms with van der Waals surface area (Å²) in [5.74, 6) is 0.880. The van der Waals surface area contributed by atoms with E-state index < -0.39 is 0 Å². The third kappa shape index (κ3) is 4.13. The molecular weight excluding hydrogens is 300 g/mol. The molecule has 2 aromatic rings. The first-order valence-electron chi connectivity index (χ1n) is 8.58. The van der Waals surface area contributed by atoms with Gasteiger partial charge in [0.1, 0.15) is 5.75 Å². The Kier molecular flexibility index (Phi) is 5.48. The summed E-state index contributed by atoms with van der Waals surface area (Å²) >= 11 is 0. The highest BCUT2D eigenvalue weighted by atomic mass is 16.5. The lowest BCUT2D eigenvalue weighted by Crippen LogP contribution is -2.46. The largest absolute Gasteiger partial charge is 0.497 e. The van der Waals surface area contributed by atoms with E-state index in [0.717, 1.165) is 44.6 Å². The fourth-order valence-electron chi connectivity index (χ4n) is 3.74. The van der Waals surface area contributed by atoms with Gasteiger partial charge in [-0.3, -0.25) is 9.88 Å². The van der Waals surface area contributed by atoms with Gasteiger partial charge in [-0.05, 0) is 61.2 Å². The molecule has 0 spiro atoms. The molecule has 0 bridgehead atoms. The third-order valence-corrected chi connectivity index (χ3v) is 4.94. The molecule has 1 aliphatic heterocycles. The van der Waals surface area contributed by atoms with E-state index in [2.05, 4.69) is 34.1 Å². The molecule has 1 fully saturated rings. The SMILES string of the molecule is COc1cccc(CC2(CO)CCCN(Cc3ccncc3)C2)c1. The van der Waals surface area contributed by atoms with Crippen LogP contribution in [0.4, 0.5) is 0 Å². The predicted octanol–water partition coefficient (Wildman–Crippen LogP) is 2.91. The average molecular weight is 326 g/mol. The van der Waals surface area contributed by atoms with Gasteiger partial charge in [-0.2, -0.15) is 0 Å². The number of ether oxygens (including phenoxy) is 1. The van der Waals surface area contributed by atoms with E-state index in [-0.39, 0.29) is 12.0 Å². The molecule has 1 N–H and O–H groups in total. The number of piperidine rings is 1. The Balaban J connectivity index is 1.71. The minimum absolute atomic E-state index is 0.0718. The Morgan fingerprint density at radius 3 is 2.79 bits per heavy atom. The van der Waals surface area contributed by atoms with Crippen LogP contribution >= 0.6 is 0 Å². The van der Waals surface area contributed by atoms with Crippen LogP contribution < -0.4 is 4.74 Å². The maximum Gasteiger partial charge on any atom is 0.119 e. The van der Waals surface area contributed by atoms with Crippen LogP contribution in [0.25, 0.3) is 0 Å². The lowest BCUT2D eigenvalue weighted by molar-refractivity contribution is 0.0288. The molecule has 1 aliphatic rings. The van der Waals surface area contributed by atoms with Gasteiger partial charge < -0.3 is 9.84 Å². The van der Waals surface area contributed by atoms with Crippen molar-refractivity contribution in [3.05, 3.63) is 59.9 Å². The number of methoxy groups -OCH3 is 1. The van der Waals surface area contributed by atoms with E-state index in [1.54, 1.807) is 7.11 Å². The van der Waals surface area contributed by atoms with Crippen molar-refractivity contribution in [2.45, 2.75) is 25.8 Å². The maximum absolute atomic E-state index is 10.1. The summed E-state index contributed by atoms with van der Waals surface area (Å²) in [5.41, 5.74) is 2.44. The summed E-state index contributed by atoms with van der Waals surface area (Å²) in [4.78, 5) is 6.54. The second-order valence-electron chi connectivity index (χ2n) is 6.86. The molecule has 1 saturated heterocycles. The number of rotatable bonds is 6. The highest BCUT2D eigenvalue weighted by molar-refractivity contribution is 5.29. The first-order valence-corrected chi connectivity index (χ1v) is 8.58. The fourth-order valence-corrected chi connectivity index (χ4v) is 3.74. The molecule has 1 atom stereocenters. The van der Waals surface area contributed by atoms with Gasteiger partial charge in [0.15, 0.2) is 0 Å². The molecule has 0 radical (unpaired) electrons. The van der Waals surface area contributed by atoms with Crippen LogP contribution in [0.3, 0.4) is 0 Å². The molecule has 0 amide bonds. The summed E-state index contributed by atoms with van der Waals surface area (Å²) in [6.45, 7) is 3.14. The Hall–Kier alpha value is -1.91. The number of hydrogen-bond acceptors (Lipinski definition) is 4. The van der Waals surface area contributed by atoms with Crippen LogP contribution in [0, 0.1) is 5.41 Å². The van der Waals surface area contributed by atoms with Crippen LogP contribution in [0.15, 0.2) is 48.8 Å². The van der Waals surface area contributed by atoms with Crippen LogP contribution in [0.2, 0.25) is 0 Å². The zero-order chi connectivity index (χ0) is 16.8. The first-order chi connectivity index (χ1) is 11.7. The Morgan fingerprint density at radius 1 is 1.21 bits per heavy atom. The van der Waals surface area contributed by atoms with Crippen molar-refractivity contribution in [1.29, 1.82) is 0 Å². The summed E-state index contributed by atoms with van der Waals surface area (Å²) in [6.07, 6.45) is 6.75. The highest BCUT2D eigenvalue weighted by Crippen LogP contribution is 2.34. The topological polar surface area (TPSA) is 45.6 Å². The number of benzene rings is 1. The van der Waals surface area contributed by atoms with Crippen molar-refractivity contribution in [3.8, 4) is 5.75 Å². The normalized spacial score (nSPS) is 21.6. The minimum atomic E-state index is -0.0718. The zero-order valence-corrected chi connectivity index (χ0v) is 14.3. The van der Waals surface area contributed by atoms with Crippen LogP contribution in [0.1, 0.15) is 24.0 Å². The quantitative estimate of drug-likeness (QED) is 0.886. The molecule has 2 heterocycles. The minimum Gasteiger partial charge on any atom is -0.497 e. The van der Waals surface area contributed by atoms with E-state index in [1.165, 1.54) is 11.1 Å². The van der Waals surface area contributed by atoms with Crippen LogP contribution in [-0.4, -0.2) is 41.8 Å². The van der Waals surface area contributed by atoms with Gasteiger partial charge in [-0.1, -0.05) is 12.1 Å². The molecule has 128 valence electrons. The molecule has 24 heavy (non-hydrogen) atoms. The van der Waals surface area contributed by atoms with Crippen molar-refractivity contribution >= 4 is 0 Å². The van der Waals surface area contributed by atoms with E-state index in [1.807, 2.05) is 24.5 Å². The average Bonchev–Trinajstić information content (AvgIpc) is 2.63. The number of hydrogen-bond donors (Lipinski definition) is 1. The van der Waals surface area contributed by atoms with E-state index in [9.17, 15) is 5.11 Å². The van der Waals surface area contributed by atoms with Crippen LogP contribution in [0.5, 0.6) is 5.75 Å². The lowest BCUT2D eigenvalue weighted by atomic mass is 9.75. The molecule has 1 unspecified atom stereocenters. The Bertz CT molecular complexity index is 647. The molecule has 1 aromatic heterocycles. The summed E-state index contributed by atoms with van der Waals surface area (Å²) in [5, 5.41) is 10.1. The van der Waals surface area contributed by atoms with Gasteiger partial charge in [0.05, 0.1) is 13.7 Å². The smallest absolute Gasteiger partial charge is 0.119 e. The molecule has 4 nitrogen and oxygen atoms in total. The van der Waals surface area contributed by atoms with E-state index >= 15 is 0 Å². The lowest BCUT2D eigenvalue weighted by Gasteiger charge is -2.42. The number of nitrogens with zero attached hydrogens (tertiary/aromatic N) is 2. The summed E-state index contributed by atoms with van der Waals surface area (Å²) in [7, 11) is 1.69. The van der Waals surface area contributed by atoms with Crippen molar-refractivity contribution in [2.24, 2.45) is 5.41 Å². The third-order valence-electron chi connectivity index (χ3n) is 4.94. The van der Waals surface area contributed by atoms with Crippen LogP contribution in [-0.2, 0) is 13.0 Å². The molecule has 0 saturated carbocycles. The second kappa shape index (κ2) is 7.77. The van der Waals surface area contributed by atoms with Crippen molar-refractivity contribution in [1.82, 2.24) is 9.88 Å². The van der Waals surface area contributed by atoms with Crippen molar-refractivity contribution < 1.29 is 9.84 Å². The van der Waals surface area contributed by atoms with Gasteiger partial charge in [-0.25, -0.2) is 0 Å². The number of likely N-dealkylation sites (tertiary alicyclic amines) is 1. The van der Waals surface area contributed by atoms with E-state index in [0.29, 0.717) is 0 Å². The standard InChI is InChI=1S/C20H26N2O2/c1-24-19-5-2-4-18(12-19)13-20(16-23)8-3-11-22(15-20)14-17-6-9-21-10-7-17/h2,4-7,9-10,12,23H,3,8,11,13-16H2,1H3. The fraction of sp³-hybridized carbons (Fsp3) is 0.450.